The lowest BCUT2D eigenvalue weighted by Gasteiger charge is -2.24. The van der Waals surface area contributed by atoms with Crippen LogP contribution in [-0.2, 0) is 0 Å². The third kappa shape index (κ3) is 2.01. The van der Waals surface area contributed by atoms with Crippen LogP contribution in [0.15, 0.2) is 0 Å². The standard InChI is InChI=1S/C11H10F5N/c12-7-6(5-3-1-2-4-17-5)8(13)10(15)11(16)9(7)14/h5,17H,1-4H2/t5-/m0/s1. The van der Waals surface area contributed by atoms with Gasteiger partial charge in [0.15, 0.2) is 23.3 Å². The van der Waals surface area contributed by atoms with Gasteiger partial charge in [-0.05, 0) is 19.4 Å². The van der Waals surface area contributed by atoms with Gasteiger partial charge in [0.25, 0.3) is 0 Å². The van der Waals surface area contributed by atoms with Crippen LogP contribution in [0.4, 0.5) is 22.0 Å². The molecule has 0 radical (unpaired) electrons. The Kier molecular flexibility index (Phi) is 3.33. The van der Waals surface area contributed by atoms with E-state index in [1.54, 1.807) is 0 Å². The monoisotopic (exact) mass is 251 g/mol. The fraction of sp³-hybridized carbons (Fsp3) is 0.455. The summed E-state index contributed by atoms with van der Waals surface area (Å²) in [4.78, 5) is 0. The first-order valence-corrected chi connectivity index (χ1v) is 5.28. The van der Waals surface area contributed by atoms with Gasteiger partial charge in [-0.15, -0.1) is 0 Å². The van der Waals surface area contributed by atoms with Crippen LogP contribution in [0, 0.1) is 29.1 Å². The van der Waals surface area contributed by atoms with Crippen LogP contribution in [0.5, 0.6) is 0 Å². The van der Waals surface area contributed by atoms with Gasteiger partial charge < -0.3 is 5.32 Å². The Morgan fingerprint density at radius 3 is 1.76 bits per heavy atom. The van der Waals surface area contributed by atoms with E-state index in [0.717, 1.165) is 6.42 Å². The predicted octanol–water partition coefficient (Wildman–Crippen LogP) is 3.20. The number of piperidine rings is 1. The Hall–Kier alpha value is -1.17. The minimum Gasteiger partial charge on any atom is -0.310 e. The zero-order valence-corrected chi connectivity index (χ0v) is 8.80. The fourth-order valence-corrected chi connectivity index (χ4v) is 2.03. The first-order valence-electron chi connectivity index (χ1n) is 5.28. The maximum Gasteiger partial charge on any atom is 0.200 e. The lowest BCUT2D eigenvalue weighted by molar-refractivity contribution is 0.336. The summed E-state index contributed by atoms with van der Waals surface area (Å²) < 4.78 is 65.6. The molecule has 1 aliphatic rings. The van der Waals surface area contributed by atoms with Gasteiger partial charge in [-0.25, -0.2) is 22.0 Å². The summed E-state index contributed by atoms with van der Waals surface area (Å²) in [5, 5.41) is 2.76. The van der Waals surface area contributed by atoms with E-state index in [1.807, 2.05) is 0 Å². The van der Waals surface area contributed by atoms with Crippen molar-refractivity contribution < 1.29 is 22.0 Å². The largest absolute Gasteiger partial charge is 0.310 e. The van der Waals surface area contributed by atoms with Crippen molar-refractivity contribution in [1.29, 1.82) is 0 Å². The van der Waals surface area contributed by atoms with Crippen molar-refractivity contribution in [2.24, 2.45) is 0 Å². The fourth-order valence-electron chi connectivity index (χ4n) is 2.03. The number of rotatable bonds is 1. The number of nitrogens with one attached hydrogen (secondary N) is 1. The van der Waals surface area contributed by atoms with E-state index < -0.39 is 40.7 Å². The molecule has 1 heterocycles. The molecule has 0 unspecified atom stereocenters. The highest BCUT2D eigenvalue weighted by Gasteiger charge is 2.30. The summed E-state index contributed by atoms with van der Waals surface area (Å²) in [7, 11) is 0. The average Bonchev–Trinajstić information content (AvgIpc) is 2.36. The van der Waals surface area contributed by atoms with E-state index in [1.165, 1.54) is 0 Å². The first kappa shape index (κ1) is 12.3. The molecule has 0 spiro atoms. The number of hydrogen-bond donors (Lipinski definition) is 1. The third-order valence-corrected chi connectivity index (χ3v) is 2.90. The second-order valence-electron chi connectivity index (χ2n) is 3.99. The number of benzene rings is 1. The summed E-state index contributed by atoms with van der Waals surface area (Å²) in [6.45, 7) is 0.504. The van der Waals surface area contributed by atoms with Crippen LogP contribution in [-0.4, -0.2) is 6.54 Å². The minimum absolute atomic E-state index is 0.359. The molecule has 0 bridgehead atoms. The van der Waals surface area contributed by atoms with Crippen molar-refractivity contribution in [2.75, 3.05) is 6.54 Å². The molecule has 1 atom stereocenters. The molecule has 1 aromatic rings. The average molecular weight is 251 g/mol. The van der Waals surface area contributed by atoms with Gasteiger partial charge in [0, 0.05) is 11.6 Å². The van der Waals surface area contributed by atoms with E-state index >= 15 is 0 Å². The predicted molar refractivity (Wildman–Crippen MR) is 50.8 cm³/mol. The van der Waals surface area contributed by atoms with Crippen molar-refractivity contribution in [3.63, 3.8) is 0 Å². The van der Waals surface area contributed by atoms with Gasteiger partial charge in [0.05, 0.1) is 0 Å². The third-order valence-electron chi connectivity index (χ3n) is 2.90. The molecule has 1 nitrogen and oxygen atoms in total. The Morgan fingerprint density at radius 1 is 0.765 bits per heavy atom. The normalized spacial score (nSPS) is 20.6. The van der Waals surface area contributed by atoms with Gasteiger partial charge in [-0.2, -0.15) is 0 Å². The first-order chi connectivity index (χ1) is 8.04. The van der Waals surface area contributed by atoms with E-state index in [4.69, 9.17) is 0 Å². The van der Waals surface area contributed by atoms with Gasteiger partial charge in [0.1, 0.15) is 0 Å². The molecule has 6 heteroatoms. The second-order valence-corrected chi connectivity index (χ2v) is 3.99. The summed E-state index contributed by atoms with van der Waals surface area (Å²) in [6.07, 6.45) is 1.88. The second kappa shape index (κ2) is 4.60. The summed E-state index contributed by atoms with van der Waals surface area (Å²) in [6, 6.07) is -0.812. The molecule has 1 N–H and O–H groups in total. The quantitative estimate of drug-likeness (QED) is 0.459. The lowest BCUT2D eigenvalue weighted by Crippen LogP contribution is -2.29. The molecule has 0 amide bonds. The highest BCUT2D eigenvalue weighted by atomic mass is 19.2. The molecule has 17 heavy (non-hydrogen) atoms. The maximum absolute atomic E-state index is 13.4. The maximum atomic E-state index is 13.4. The molecule has 2 rings (SSSR count). The van der Waals surface area contributed by atoms with Crippen molar-refractivity contribution in [1.82, 2.24) is 5.32 Å². The van der Waals surface area contributed by atoms with Crippen LogP contribution in [0.3, 0.4) is 0 Å². The highest BCUT2D eigenvalue weighted by Crippen LogP contribution is 2.31. The van der Waals surface area contributed by atoms with E-state index in [0.29, 0.717) is 19.4 Å². The van der Waals surface area contributed by atoms with Crippen LogP contribution < -0.4 is 5.32 Å². The van der Waals surface area contributed by atoms with E-state index in [9.17, 15) is 22.0 Å². The summed E-state index contributed by atoms with van der Waals surface area (Å²) in [5.41, 5.74) is -0.749. The van der Waals surface area contributed by atoms with Gasteiger partial charge in [-0.3, -0.25) is 0 Å². The zero-order valence-electron chi connectivity index (χ0n) is 8.80. The van der Waals surface area contributed by atoms with Crippen LogP contribution in [0.2, 0.25) is 0 Å². The van der Waals surface area contributed by atoms with Crippen LogP contribution in [0.1, 0.15) is 30.9 Å². The molecule has 1 fully saturated rings. The molecule has 1 aromatic carbocycles. The Bertz CT molecular complexity index is 411. The molecular weight excluding hydrogens is 241 g/mol. The van der Waals surface area contributed by atoms with Gasteiger partial charge >= 0.3 is 0 Å². The van der Waals surface area contributed by atoms with E-state index in [-0.39, 0.29) is 0 Å². The summed E-state index contributed by atoms with van der Waals surface area (Å²) >= 11 is 0. The summed E-state index contributed by atoms with van der Waals surface area (Å²) in [5.74, 6) is -9.35. The zero-order chi connectivity index (χ0) is 12.6. The van der Waals surface area contributed by atoms with Crippen molar-refractivity contribution in [2.45, 2.75) is 25.3 Å². The minimum atomic E-state index is -2.11. The molecule has 0 saturated carbocycles. The van der Waals surface area contributed by atoms with Crippen molar-refractivity contribution in [3.05, 3.63) is 34.6 Å². The van der Waals surface area contributed by atoms with Crippen molar-refractivity contribution >= 4 is 0 Å². The highest BCUT2D eigenvalue weighted by molar-refractivity contribution is 5.27. The molecule has 1 aliphatic heterocycles. The van der Waals surface area contributed by atoms with Crippen LogP contribution >= 0.6 is 0 Å². The van der Waals surface area contributed by atoms with E-state index in [2.05, 4.69) is 5.32 Å². The molecule has 94 valence electrons. The molecule has 0 aliphatic carbocycles. The van der Waals surface area contributed by atoms with Gasteiger partial charge in [-0.1, -0.05) is 6.42 Å². The number of halogens is 5. The molecule has 1 saturated heterocycles. The Balaban J connectivity index is 2.52. The lowest BCUT2D eigenvalue weighted by atomic mass is 9.96. The smallest absolute Gasteiger partial charge is 0.200 e. The SMILES string of the molecule is Fc1c(F)c(F)c([C@@H]2CCCCN2)c(F)c1F. The Morgan fingerprint density at radius 2 is 1.29 bits per heavy atom. The topological polar surface area (TPSA) is 12.0 Å². The molecule has 0 aromatic heterocycles. The van der Waals surface area contributed by atoms with Gasteiger partial charge in [0.2, 0.25) is 5.82 Å². The number of hydrogen-bond acceptors (Lipinski definition) is 1. The van der Waals surface area contributed by atoms with Crippen molar-refractivity contribution in [3.8, 4) is 0 Å². The Labute approximate surface area is 94.6 Å². The van der Waals surface area contributed by atoms with Crippen LogP contribution in [0.25, 0.3) is 0 Å². The molecular formula is C11H10F5N.